The maximum absolute atomic E-state index is 5.48. The molecule has 2 aromatic rings. The third-order valence-electron chi connectivity index (χ3n) is 5.76. The van der Waals surface area contributed by atoms with Crippen molar-refractivity contribution in [3.63, 3.8) is 0 Å². The molecule has 0 unspecified atom stereocenters. The van der Waals surface area contributed by atoms with Crippen molar-refractivity contribution in [3.05, 3.63) is 29.6 Å². The first-order valence-electron chi connectivity index (χ1n) is 10.6. The summed E-state index contributed by atoms with van der Waals surface area (Å²) in [5.74, 6) is 2.16. The fourth-order valence-corrected chi connectivity index (χ4v) is 4.34. The van der Waals surface area contributed by atoms with Gasteiger partial charge in [-0.1, -0.05) is 13.8 Å². The number of rotatable bonds is 7. The first kappa shape index (κ1) is 19.5. The molecule has 0 saturated carbocycles. The zero-order valence-corrected chi connectivity index (χ0v) is 17.2. The Morgan fingerprint density at radius 1 is 1.18 bits per heavy atom. The lowest BCUT2D eigenvalue weighted by Gasteiger charge is -2.33. The number of hydrogen-bond acceptors (Lipinski definition) is 6. The average Bonchev–Trinajstić information content (AvgIpc) is 3.32. The summed E-state index contributed by atoms with van der Waals surface area (Å²) in [6.45, 7) is 13.1. The van der Waals surface area contributed by atoms with E-state index in [1.54, 1.807) is 6.33 Å². The summed E-state index contributed by atoms with van der Waals surface area (Å²) >= 11 is 0. The number of hydrogen-bond donors (Lipinski definition) is 1. The largest absolute Gasteiger partial charge is 0.379 e. The Hall–Kier alpha value is -1.77. The number of likely N-dealkylation sites (tertiary alicyclic amines) is 1. The topological polar surface area (TPSA) is 75.1 Å². The van der Waals surface area contributed by atoms with Gasteiger partial charge in [0.2, 0.25) is 0 Å². The molecule has 154 valence electrons. The zero-order chi connectivity index (χ0) is 19.3. The van der Waals surface area contributed by atoms with E-state index in [9.17, 15) is 0 Å². The molecular formula is C20H33N7O. The second kappa shape index (κ2) is 9.15. The third-order valence-corrected chi connectivity index (χ3v) is 5.76. The molecule has 4 heterocycles. The maximum Gasteiger partial charge on any atom is 0.141 e. The van der Waals surface area contributed by atoms with E-state index >= 15 is 0 Å². The van der Waals surface area contributed by atoms with Gasteiger partial charge in [0.05, 0.1) is 26.0 Å². The maximum atomic E-state index is 5.48. The van der Waals surface area contributed by atoms with E-state index in [1.807, 2.05) is 6.20 Å². The Kier molecular flexibility index (Phi) is 6.39. The molecule has 28 heavy (non-hydrogen) atoms. The molecule has 8 nitrogen and oxygen atoms in total. The number of nitrogens with one attached hydrogen (secondary N) is 1. The van der Waals surface area contributed by atoms with Crippen LogP contribution >= 0.6 is 0 Å². The molecule has 0 aliphatic carbocycles. The van der Waals surface area contributed by atoms with Gasteiger partial charge in [-0.25, -0.2) is 9.67 Å². The fourth-order valence-electron chi connectivity index (χ4n) is 4.34. The van der Waals surface area contributed by atoms with E-state index in [1.165, 1.54) is 24.1 Å². The standard InChI is InChI=1S/C20H33N7O/c1-16(2)11-27-19(21-15-23-27)14-26-5-3-4-17(12-26)20-18(10-22-24-20)13-25-6-8-28-9-7-25/h10,15-17H,3-9,11-14H2,1-2H3,(H,22,24)/t17-/m0/s1. The second-order valence-corrected chi connectivity index (χ2v) is 8.52. The highest BCUT2D eigenvalue weighted by atomic mass is 16.5. The van der Waals surface area contributed by atoms with E-state index in [0.29, 0.717) is 11.8 Å². The van der Waals surface area contributed by atoms with Crippen LogP contribution in [0.4, 0.5) is 0 Å². The van der Waals surface area contributed by atoms with Crippen molar-refractivity contribution in [2.75, 3.05) is 39.4 Å². The summed E-state index contributed by atoms with van der Waals surface area (Å²) in [5.41, 5.74) is 2.66. The quantitative estimate of drug-likeness (QED) is 0.782. The van der Waals surface area contributed by atoms with Gasteiger partial charge < -0.3 is 4.74 Å². The van der Waals surface area contributed by atoms with Crippen molar-refractivity contribution in [1.82, 2.24) is 34.8 Å². The molecule has 4 rings (SSSR count). The molecule has 8 heteroatoms. The van der Waals surface area contributed by atoms with Crippen LogP contribution in [-0.2, 0) is 24.4 Å². The highest BCUT2D eigenvalue weighted by molar-refractivity contribution is 5.21. The molecule has 0 aromatic carbocycles. The second-order valence-electron chi connectivity index (χ2n) is 8.52. The first-order chi connectivity index (χ1) is 13.7. The summed E-state index contributed by atoms with van der Waals surface area (Å²) in [4.78, 5) is 9.50. The summed E-state index contributed by atoms with van der Waals surface area (Å²) in [5, 5.41) is 12.1. The Labute approximate surface area is 167 Å². The molecule has 0 radical (unpaired) electrons. The number of H-pyrrole nitrogens is 1. The Balaban J connectivity index is 1.39. The first-order valence-corrected chi connectivity index (χ1v) is 10.6. The van der Waals surface area contributed by atoms with Crippen LogP contribution in [0.5, 0.6) is 0 Å². The number of piperidine rings is 1. The Bertz CT molecular complexity index is 734. The summed E-state index contributed by atoms with van der Waals surface area (Å²) < 4.78 is 7.54. The molecule has 1 N–H and O–H groups in total. The number of aromatic nitrogens is 5. The van der Waals surface area contributed by atoms with E-state index < -0.39 is 0 Å². The number of morpholine rings is 1. The number of aromatic amines is 1. The van der Waals surface area contributed by atoms with Crippen molar-refractivity contribution in [1.29, 1.82) is 0 Å². The predicted octanol–water partition coefficient (Wildman–Crippen LogP) is 1.87. The van der Waals surface area contributed by atoms with Crippen LogP contribution in [-0.4, -0.2) is 74.2 Å². The third kappa shape index (κ3) is 4.79. The van der Waals surface area contributed by atoms with Gasteiger partial charge in [0.15, 0.2) is 0 Å². The van der Waals surface area contributed by atoms with Crippen LogP contribution in [0, 0.1) is 5.92 Å². The molecule has 2 aliphatic heterocycles. The monoisotopic (exact) mass is 387 g/mol. The van der Waals surface area contributed by atoms with Crippen LogP contribution in [0.25, 0.3) is 0 Å². The van der Waals surface area contributed by atoms with Gasteiger partial charge in [0.25, 0.3) is 0 Å². The van der Waals surface area contributed by atoms with Gasteiger partial charge in [0, 0.05) is 49.9 Å². The van der Waals surface area contributed by atoms with Gasteiger partial charge in [-0.2, -0.15) is 10.2 Å². The molecular weight excluding hydrogens is 354 g/mol. The SMILES string of the molecule is CC(C)Cn1ncnc1CN1CCC[C@H](c2[nH]ncc2CN2CCOCC2)C1. The normalized spacial score (nSPS) is 22.2. The summed E-state index contributed by atoms with van der Waals surface area (Å²) in [6, 6.07) is 0. The predicted molar refractivity (Wildman–Crippen MR) is 107 cm³/mol. The highest BCUT2D eigenvalue weighted by Crippen LogP contribution is 2.29. The summed E-state index contributed by atoms with van der Waals surface area (Å²) in [6.07, 6.45) is 6.13. The molecule has 2 saturated heterocycles. The van der Waals surface area contributed by atoms with E-state index in [-0.39, 0.29) is 0 Å². The van der Waals surface area contributed by atoms with Gasteiger partial charge in [-0.05, 0) is 25.3 Å². The lowest BCUT2D eigenvalue weighted by molar-refractivity contribution is 0.0339. The van der Waals surface area contributed by atoms with Crippen molar-refractivity contribution in [2.45, 2.75) is 52.2 Å². The van der Waals surface area contributed by atoms with Gasteiger partial charge in [-0.15, -0.1) is 0 Å². The van der Waals surface area contributed by atoms with Crippen LogP contribution in [0.3, 0.4) is 0 Å². The van der Waals surface area contributed by atoms with E-state index in [2.05, 4.69) is 48.6 Å². The Morgan fingerprint density at radius 3 is 2.86 bits per heavy atom. The smallest absolute Gasteiger partial charge is 0.141 e. The Morgan fingerprint density at radius 2 is 2.04 bits per heavy atom. The summed E-state index contributed by atoms with van der Waals surface area (Å²) in [7, 11) is 0. The van der Waals surface area contributed by atoms with Crippen LogP contribution in [0.15, 0.2) is 12.5 Å². The van der Waals surface area contributed by atoms with E-state index in [0.717, 1.165) is 64.9 Å². The molecule has 2 aromatic heterocycles. The van der Waals surface area contributed by atoms with Crippen molar-refractivity contribution < 1.29 is 4.74 Å². The van der Waals surface area contributed by atoms with Crippen LogP contribution < -0.4 is 0 Å². The molecule has 1 atom stereocenters. The zero-order valence-electron chi connectivity index (χ0n) is 17.2. The minimum Gasteiger partial charge on any atom is -0.379 e. The van der Waals surface area contributed by atoms with Crippen LogP contribution in [0.2, 0.25) is 0 Å². The number of ether oxygens (including phenoxy) is 1. The minimum absolute atomic E-state index is 0.508. The lowest BCUT2D eigenvalue weighted by Crippen LogP contribution is -2.37. The molecule has 2 aliphatic rings. The molecule has 0 spiro atoms. The highest BCUT2D eigenvalue weighted by Gasteiger charge is 2.26. The van der Waals surface area contributed by atoms with Gasteiger partial charge in [-0.3, -0.25) is 14.9 Å². The molecule has 2 fully saturated rings. The van der Waals surface area contributed by atoms with Gasteiger partial charge >= 0.3 is 0 Å². The van der Waals surface area contributed by atoms with Crippen molar-refractivity contribution in [2.24, 2.45) is 5.92 Å². The van der Waals surface area contributed by atoms with Crippen LogP contribution in [0.1, 0.15) is 49.7 Å². The number of nitrogens with zero attached hydrogens (tertiary/aromatic N) is 6. The lowest BCUT2D eigenvalue weighted by atomic mass is 9.92. The van der Waals surface area contributed by atoms with Gasteiger partial charge in [0.1, 0.15) is 12.2 Å². The minimum atomic E-state index is 0.508. The van der Waals surface area contributed by atoms with Crippen molar-refractivity contribution in [3.8, 4) is 0 Å². The average molecular weight is 388 g/mol. The molecule has 0 amide bonds. The fraction of sp³-hybridized carbons (Fsp3) is 0.750. The van der Waals surface area contributed by atoms with E-state index in [4.69, 9.17) is 4.74 Å². The molecule has 0 bridgehead atoms. The van der Waals surface area contributed by atoms with Crippen molar-refractivity contribution >= 4 is 0 Å².